The maximum atomic E-state index is 12.0. The van der Waals surface area contributed by atoms with Gasteiger partial charge >= 0.3 is 0 Å². The molecule has 1 aromatic heterocycles. The average Bonchev–Trinajstić information content (AvgIpc) is 3.45. The van der Waals surface area contributed by atoms with Crippen LogP contribution < -0.4 is 15.4 Å². The van der Waals surface area contributed by atoms with Crippen LogP contribution in [-0.4, -0.2) is 35.7 Å². The molecular weight excluding hydrogens is 322 g/mol. The Morgan fingerprint density at radius 2 is 1.84 bits per heavy atom. The van der Waals surface area contributed by atoms with E-state index in [0.29, 0.717) is 11.5 Å². The zero-order valence-corrected chi connectivity index (χ0v) is 13.6. The van der Waals surface area contributed by atoms with Crippen molar-refractivity contribution >= 4 is 17.6 Å². The van der Waals surface area contributed by atoms with E-state index in [1.165, 1.54) is 25.4 Å². The maximum Gasteiger partial charge on any atom is 0.292 e. The van der Waals surface area contributed by atoms with E-state index in [0.717, 1.165) is 12.8 Å². The van der Waals surface area contributed by atoms with Crippen LogP contribution in [0.25, 0.3) is 0 Å². The van der Waals surface area contributed by atoms with Crippen LogP contribution in [0.15, 0.2) is 42.6 Å². The second-order valence-electron chi connectivity index (χ2n) is 5.63. The van der Waals surface area contributed by atoms with E-state index in [2.05, 4.69) is 15.6 Å². The maximum absolute atomic E-state index is 12.0. The lowest BCUT2D eigenvalue weighted by Gasteiger charge is -2.09. The molecule has 1 fully saturated rings. The number of nitrogens with one attached hydrogen (secondary N) is 2. The number of ether oxygens (including phenoxy) is 1. The Balaban J connectivity index is 1.72. The van der Waals surface area contributed by atoms with Crippen LogP contribution in [0.1, 0.15) is 33.7 Å². The number of nitrogens with zero attached hydrogens (tertiary/aromatic N) is 1. The first-order valence-electron chi connectivity index (χ1n) is 7.88. The standard InChI is InChI=1S/C18H17N3O4/c1-19-17(23)15-14(3-2-10-20-15)25-13-8-4-11(5-9-13)16(22)18(24)21-12-6-7-12/h2-5,8-10,12H,6-7H2,1H3,(H,19,23)(H,21,24). The molecule has 0 unspecified atom stereocenters. The first-order valence-corrected chi connectivity index (χ1v) is 7.88. The number of carbonyl (C=O) groups excluding carboxylic acids is 3. The van der Waals surface area contributed by atoms with Crippen molar-refractivity contribution in [3.05, 3.63) is 53.9 Å². The highest BCUT2D eigenvalue weighted by Crippen LogP contribution is 2.24. The fourth-order valence-electron chi connectivity index (χ4n) is 2.17. The number of hydrogen-bond donors (Lipinski definition) is 2. The molecule has 1 aliphatic carbocycles. The number of Topliss-reactive ketones (excluding diaryl/α,β-unsaturated/α-hetero) is 1. The highest BCUT2D eigenvalue weighted by atomic mass is 16.5. The summed E-state index contributed by atoms with van der Waals surface area (Å²) in [6.07, 6.45) is 3.34. The van der Waals surface area contributed by atoms with Gasteiger partial charge in [0.1, 0.15) is 5.75 Å². The summed E-state index contributed by atoms with van der Waals surface area (Å²) in [5.74, 6) is -0.805. The Bertz CT molecular complexity index is 813. The van der Waals surface area contributed by atoms with Gasteiger partial charge in [-0.3, -0.25) is 14.4 Å². The minimum Gasteiger partial charge on any atom is -0.455 e. The van der Waals surface area contributed by atoms with E-state index >= 15 is 0 Å². The summed E-state index contributed by atoms with van der Waals surface area (Å²) < 4.78 is 5.67. The molecule has 1 saturated carbocycles. The van der Waals surface area contributed by atoms with Crippen molar-refractivity contribution in [2.45, 2.75) is 18.9 Å². The quantitative estimate of drug-likeness (QED) is 0.617. The SMILES string of the molecule is CNC(=O)c1ncccc1Oc1ccc(C(=O)C(=O)NC2CC2)cc1. The average molecular weight is 339 g/mol. The third kappa shape index (κ3) is 4.00. The summed E-state index contributed by atoms with van der Waals surface area (Å²) in [4.78, 5) is 39.6. The largest absolute Gasteiger partial charge is 0.455 e. The van der Waals surface area contributed by atoms with Gasteiger partial charge in [0.15, 0.2) is 11.4 Å². The van der Waals surface area contributed by atoms with Crippen molar-refractivity contribution < 1.29 is 19.1 Å². The molecule has 0 saturated heterocycles. The molecule has 0 spiro atoms. The molecule has 0 atom stereocenters. The molecule has 7 heteroatoms. The molecule has 1 aliphatic rings. The van der Waals surface area contributed by atoms with Crippen LogP contribution in [0.4, 0.5) is 0 Å². The number of hydrogen-bond acceptors (Lipinski definition) is 5. The van der Waals surface area contributed by atoms with Gasteiger partial charge in [-0.05, 0) is 49.2 Å². The smallest absolute Gasteiger partial charge is 0.292 e. The predicted octanol–water partition coefficient (Wildman–Crippen LogP) is 1.69. The third-order valence-electron chi connectivity index (χ3n) is 3.68. The van der Waals surface area contributed by atoms with Gasteiger partial charge < -0.3 is 15.4 Å². The van der Waals surface area contributed by atoms with Crippen LogP contribution in [0, 0.1) is 0 Å². The minimum atomic E-state index is -0.592. The van der Waals surface area contributed by atoms with E-state index in [1.807, 2.05) is 0 Å². The Labute approximate surface area is 144 Å². The summed E-state index contributed by atoms with van der Waals surface area (Å²) in [6.45, 7) is 0. The van der Waals surface area contributed by atoms with Gasteiger partial charge in [0.05, 0.1) is 0 Å². The molecule has 7 nitrogen and oxygen atoms in total. The van der Waals surface area contributed by atoms with Gasteiger partial charge in [-0.1, -0.05) is 0 Å². The molecule has 0 bridgehead atoms. The topological polar surface area (TPSA) is 97.4 Å². The van der Waals surface area contributed by atoms with Crippen LogP contribution in [0.2, 0.25) is 0 Å². The van der Waals surface area contributed by atoms with Crippen molar-refractivity contribution in [1.29, 1.82) is 0 Å². The van der Waals surface area contributed by atoms with Gasteiger partial charge in [0, 0.05) is 24.8 Å². The van der Waals surface area contributed by atoms with Gasteiger partial charge in [-0.25, -0.2) is 4.98 Å². The van der Waals surface area contributed by atoms with Crippen LogP contribution >= 0.6 is 0 Å². The van der Waals surface area contributed by atoms with Gasteiger partial charge in [-0.15, -0.1) is 0 Å². The molecule has 0 radical (unpaired) electrons. The first-order chi connectivity index (χ1) is 12.1. The fraction of sp³-hybridized carbons (Fsp3) is 0.222. The van der Waals surface area contributed by atoms with Gasteiger partial charge in [0.25, 0.3) is 11.8 Å². The Kier molecular flexibility index (Phi) is 4.74. The number of amides is 2. The monoisotopic (exact) mass is 339 g/mol. The van der Waals surface area contributed by atoms with E-state index in [-0.39, 0.29) is 23.2 Å². The molecule has 0 aliphatic heterocycles. The van der Waals surface area contributed by atoms with E-state index in [4.69, 9.17) is 4.74 Å². The van der Waals surface area contributed by atoms with E-state index < -0.39 is 11.7 Å². The third-order valence-corrected chi connectivity index (χ3v) is 3.68. The number of carbonyl (C=O) groups is 3. The lowest BCUT2D eigenvalue weighted by atomic mass is 10.1. The van der Waals surface area contributed by atoms with Crippen molar-refractivity contribution in [3.8, 4) is 11.5 Å². The molecule has 128 valence electrons. The number of aromatic nitrogens is 1. The Morgan fingerprint density at radius 3 is 2.48 bits per heavy atom. The summed E-state index contributed by atoms with van der Waals surface area (Å²) in [5, 5.41) is 5.15. The Morgan fingerprint density at radius 1 is 1.12 bits per heavy atom. The van der Waals surface area contributed by atoms with Crippen molar-refractivity contribution in [2.24, 2.45) is 0 Å². The molecule has 2 N–H and O–H groups in total. The molecule has 1 heterocycles. The zero-order valence-electron chi connectivity index (χ0n) is 13.6. The Hall–Kier alpha value is -3.22. The molecule has 1 aromatic carbocycles. The summed E-state index contributed by atoms with van der Waals surface area (Å²) in [6, 6.07) is 9.57. The number of pyridine rings is 1. The predicted molar refractivity (Wildman–Crippen MR) is 89.6 cm³/mol. The lowest BCUT2D eigenvalue weighted by Crippen LogP contribution is -2.32. The molecular formula is C18H17N3O4. The number of ketones is 1. The van der Waals surface area contributed by atoms with Crippen LogP contribution in [0.5, 0.6) is 11.5 Å². The minimum absolute atomic E-state index is 0.132. The summed E-state index contributed by atoms with van der Waals surface area (Å²) in [7, 11) is 1.51. The number of benzene rings is 1. The summed E-state index contributed by atoms with van der Waals surface area (Å²) in [5.41, 5.74) is 0.442. The second-order valence-corrected chi connectivity index (χ2v) is 5.63. The van der Waals surface area contributed by atoms with E-state index in [9.17, 15) is 14.4 Å². The number of rotatable bonds is 6. The normalized spacial score (nSPS) is 13.0. The lowest BCUT2D eigenvalue weighted by molar-refractivity contribution is -0.117. The van der Waals surface area contributed by atoms with Crippen molar-refractivity contribution in [2.75, 3.05) is 7.05 Å². The van der Waals surface area contributed by atoms with Crippen molar-refractivity contribution in [3.63, 3.8) is 0 Å². The van der Waals surface area contributed by atoms with Crippen LogP contribution in [0.3, 0.4) is 0 Å². The van der Waals surface area contributed by atoms with E-state index in [1.54, 1.807) is 24.3 Å². The zero-order chi connectivity index (χ0) is 17.8. The molecule has 3 rings (SSSR count). The van der Waals surface area contributed by atoms with Crippen LogP contribution in [-0.2, 0) is 4.79 Å². The highest BCUT2D eigenvalue weighted by molar-refractivity contribution is 6.42. The second kappa shape index (κ2) is 7.12. The fourth-order valence-corrected chi connectivity index (χ4v) is 2.17. The molecule has 2 amide bonds. The highest BCUT2D eigenvalue weighted by Gasteiger charge is 2.26. The summed E-state index contributed by atoms with van der Waals surface area (Å²) >= 11 is 0. The molecule has 2 aromatic rings. The van der Waals surface area contributed by atoms with Crippen molar-refractivity contribution in [1.82, 2.24) is 15.6 Å². The molecule has 25 heavy (non-hydrogen) atoms. The van der Waals surface area contributed by atoms with Gasteiger partial charge in [0.2, 0.25) is 5.78 Å². The first kappa shape index (κ1) is 16.6. The van der Waals surface area contributed by atoms with Gasteiger partial charge in [-0.2, -0.15) is 0 Å².